The molecule has 0 saturated carbocycles. The first kappa shape index (κ1) is 15.6. The van der Waals surface area contributed by atoms with Gasteiger partial charge in [-0.1, -0.05) is 30.3 Å². The highest BCUT2D eigenvalue weighted by molar-refractivity contribution is 6.54. The van der Waals surface area contributed by atoms with Gasteiger partial charge in [-0.2, -0.15) is 5.10 Å². The smallest absolute Gasteiger partial charge is 0.279 e. The third-order valence-electron chi connectivity index (χ3n) is 3.62. The van der Waals surface area contributed by atoms with E-state index in [1.54, 1.807) is 30.3 Å². The van der Waals surface area contributed by atoms with Crippen molar-refractivity contribution < 1.29 is 9.59 Å². The number of nitrogens with one attached hydrogen (secondary N) is 1. The highest BCUT2D eigenvalue weighted by Crippen LogP contribution is 2.27. The van der Waals surface area contributed by atoms with E-state index in [0.29, 0.717) is 11.4 Å². The summed E-state index contributed by atoms with van der Waals surface area (Å²) < 4.78 is 0. The van der Waals surface area contributed by atoms with Crippen molar-refractivity contribution in [3.05, 3.63) is 59.7 Å². The second-order valence-electron chi connectivity index (χ2n) is 5.38. The lowest BCUT2D eigenvalue weighted by atomic mass is 10.1. The number of rotatable bonds is 3. The summed E-state index contributed by atoms with van der Waals surface area (Å²) >= 11 is 0. The molecular weight excluding hydrogens is 304 g/mol. The number of para-hydroxylation sites is 1. The Kier molecular flexibility index (Phi) is 4.20. The lowest BCUT2D eigenvalue weighted by molar-refractivity contribution is -0.114. The average molecular weight is 320 g/mol. The molecule has 0 unspecified atom stereocenters. The van der Waals surface area contributed by atoms with E-state index in [2.05, 4.69) is 15.5 Å². The molecule has 1 aliphatic rings. The standard InChI is InChI=1S/C18H16N4O2/c1-12(23)20-14-9-7-13(8-10-14)11-19-21-17-15-5-3-4-6-16(15)22(2)18(17)24/h3-11H,1-2H3,(H,20,23)/b19-11-,21-17+. The zero-order chi connectivity index (χ0) is 17.1. The van der Waals surface area contributed by atoms with E-state index in [4.69, 9.17) is 0 Å². The number of hydrogen-bond donors (Lipinski definition) is 1. The van der Waals surface area contributed by atoms with E-state index in [9.17, 15) is 9.59 Å². The fraction of sp³-hybridized carbons (Fsp3) is 0.111. The van der Waals surface area contributed by atoms with Crippen molar-refractivity contribution in [2.75, 3.05) is 17.3 Å². The van der Waals surface area contributed by atoms with Crippen LogP contribution in [0.4, 0.5) is 11.4 Å². The minimum atomic E-state index is -0.172. The number of anilines is 2. The SMILES string of the molecule is CC(=O)Nc1ccc(/C=N\N=C2\C(=O)N(C)c3ccccc32)cc1. The first-order valence-electron chi connectivity index (χ1n) is 7.42. The third-order valence-corrected chi connectivity index (χ3v) is 3.62. The van der Waals surface area contributed by atoms with Crippen LogP contribution in [-0.4, -0.2) is 30.8 Å². The van der Waals surface area contributed by atoms with Gasteiger partial charge in [-0.25, -0.2) is 0 Å². The lowest BCUT2D eigenvalue weighted by Gasteiger charge is -2.07. The van der Waals surface area contributed by atoms with Crippen LogP contribution in [0.2, 0.25) is 0 Å². The van der Waals surface area contributed by atoms with Gasteiger partial charge in [0, 0.05) is 25.2 Å². The van der Waals surface area contributed by atoms with Crippen LogP contribution in [-0.2, 0) is 9.59 Å². The minimum absolute atomic E-state index is 0.120. The summed E-state index contributed by atoms with van der Waals surface area (Å²) in [6, 6.07) is 14.7. The molecule has 0 aliphatic carbocycles. The summed E-state index contributed by atoms with van der Waals surface area (Å²) in [5, 5.41) is 10.8. The summed E-state index contributed by atoms with van der Waals surface area (Å²) in [5.74, 6) is -0.292. The maximum atomic E-state index is 12.2. The summed E-state index contributed by atoms with van der Waals surface area (Å²) in [6.45, 7) is 1.46. The third kappa shape index (κ3) is 3.08. The van der Waals surface area contributed by atoms with Crippen molar-refractivity contribution in [3.8, 4) is 0 Å². The number of benzene rings is 2. The topological polar surface area (TPSA) is 74.1 Å². The molecule has 1 N–H and O–H groups in total. The number of hydrogen-bond acceptors (Lipinski definition) is 4. The van der Waals surface area contributed by atoms with Crippen LogP contribution in [0.25, 0.3) is 0 Å². The number of carbonyl (C=O) groups excluding carboxylic acids is 2. The molecule has 0 spiro atoms. The number of nitrogens with zero attached hydrogens (tertiary/aromatic N) is 3. The van der Waals surface area contributed by atoms with Crippen LogP contribution < -0.4 is 10.2 Å². The molecule has 6 nitrogen and oxygen atoms in total. The summed E-state index contributed by atoms with van der Waals surface area (Å²) in [6.07, 6.45) is 1.57. The normalized spacial score (nSPS) is 15.2. The molecule has 0 fully saturated rings. The Morgan fingerprint density at radius 3 is 2.54 bits per heavy atom. The van der Waals surface area contributed by atoms with Gasteiger partial charge in [-0.3, -0.25) is 9.59 Å². The van der Waals surface area contributed by atoms with Gasteiger partial charge >= 0.3 is 0 Å². The molecular formula is C18H16N4O2. The summed E-state index contributed by atoms with van der Waals surface area (Å²) in [5.41, 5.74) is 3.48. The number of fused-ring (bicyclic) bond motifs is 1. The Morgan fingerprint density at radius 2 is 1.83 bits per heavy atom. The van der Waals surface area contributed by atoms with Crippen molar-refractivity contribution in [3.63, 3.8) is 0 Å². The summed E-state index contributed by atoms with van der Waals surface area (Å²) in [7, 11) is 1.72. The van der Waals surface area contributed by atoms with Crippen LogP contribution in [0.5, 0.6) is 0 Å². The number of amides is 2. The van der Waals surface area contributed by atoms with Crippen LogP contribution in [0.1, 0.15) is 18.1 Å². The van der Waals surface area contributed by atoms with Crippen LogP contribution in [0, 0.1) is 0 Å². The molecule has 0 bridgehead atoms. The molecule has 0 atom stereocenters. The van der Waals surface area contributed by atoms with Crippen molar-refractivity contribution in [2.45, 2.75) is 6.92 Å². The second kappa shape index (κ2) is 6.45. The largest absolute Gasteiger partial charge is 0.326 e. The Hall–Kier alpha value is -3.28. The zero-order valence-corrected chi connectivity index (χ0v) is 13.4. The van der Waals surface area contributed by atoms with Crippen molar-refractivity contribution in [2.24, 2.45) is 10.2 Å². The number of likely N-dealkylation sites (N-methyl/N-ethyl adjacent to an activating group) is 1. The molecule has 3 rings (SSSR count). The molecule has 1 heterocycles. The molecule has 24 heavy (non-hydrogen) atoms. The van der Waals surface area contributed by atoms with Gasteiger partial charge < -0.3 is 10.2 Å². The molecule has 1 aliphatic heterocycles. The summed E-state index contributed by atoms with van der Waals surface area (Å²) in [4.78, 5) is 24.8. The van der Waals surface area contributed by atoms with Gasteiger partial charge in [0.1, 0.15) is 0 Å². The zero-order valence-electron chi connectivity index (χ0n) is 13.4. The quantitative estimate of drug-likeness (QED) is 0.697. The monoisotopic (exact) mass is 320 g/mol. The van der Waals surface area contributed by atoms with Crippen molar-refractivity contribution in [1.29, 1.82) is 0 Å². The maximum Gasteiger partial charge on any atom is 0.279 e. The van der Waals surface area contributed by atoms with E-state index < -0.39 is 0 Å². The van der Waals surface area contributed by atoms with Gasteiger partial charge in [-0.15, -0.1) is 5.10 Å². The van der Waals surface area contributed by atoms with Gasteiger partial charge in [0.15, 0.2) is 5.71 Å². The molecule has 0 aromatic heterocycles. The van der Waals surface area contributed by atoms with Crippen molar-refractivity contribution >= 4 is 35.1 Å². The van der Waals surface area contributed by atoms with Gasteiger partial charge in [-0.05, 0) is 23.8 Å². The first-order valence-corrected chi connectivity index (χ1v) is 7.42. The predicted octanol–water partition coefficient (Wildman–Crippen LogP) is 2.44. The Morgan fingerprint density at radius 1 is 1.12 bits per heavy atom. The van der Waals surface area contributed by atoms with Gasteiger partial charge in [0.25, 0.3) is 5.91 Å². The van der Waals surface area contributed by atoms with Crippen LogP contribution in [0.3, 0.4) is 0 Å². The lowest BCUT2D eigenvalue weighted by Crippen LogP contribution is -2.25. The molecule has 2 aromatic rings. The Labute approximate surface area is 139 Å². The van der Waals surface area contributed by atoms with E-state index in [-0.39, 0.29) is 11.8 Å². The molecule has 120 valence electrons. The van der Waals surface area contributed by atoms with E-state index in [1.165, 1.54) is 6.92 Å². The van der Waals surface area contributed by atoms with E-state index in [1.807, 2.05) is 36.4 Å². The molecule has 0 saturated heterocycles. The molecule has 0 radical (unpaired) electrons. The average Bonchev–Trinajstić information content (AvgIpc) is 2.81. The molecule has 2 amide bonds. The molecule has 2 aromatic carbocycles. The maximum absolute atomic E-state index is 12.2. The van der Waals surface area contributed by atoms with Crippen LogP contribution >= 0.6 is 0 Å². The van der Waals surface area contributed by atoms with E-state index >= 15 is 0 Å². The minimum Gasteiger partial charge on any atom is -0.326 e. The fourth-order valence-electron chi connectivity index (χ4n) is 2.46. The van der Waals surface area contributed by atoms with Crippen molar-refractivity contribution in [1.82, 2.24) is 0 Å². The Bertz CT molecular complexity index is 854. The number of carbonyl (C=O) groups is 2. The molecule has 6 heteroatoms. The first-order chi connectivity index (χ1) is 11.6. The van der Waals surface area contributed by atoms with E-state index in [0.717, 1.165) is 16.8 Å². The van der Waals surface area contributed by atoms with Crippen LogP contribution in [0.15, 0.2) is 58.7 Å². The Balaban J connectivity index is 1.79. The second-order valence-corrected chi connectivity index (χ2v) is 5.38. The highest BCUT2D eigenvalue weighted by atomic mass is 16.2. The fourth-order valence-corrected chi connectivity index (χ4v) is 2.46. The van der Waals surface area contributed by atoms with Gasteiger partial charge in [0.05, 0.1) is 11.9 Å². The predicted molar refractivity (Wildman–Crippen MR) is 94.7 cm³/mol. The van der Waals surface area contributed by atoms with Gasteiger partial charge in [0.2, 0.25) is 5.91 Å². The highest BCUT2D eigenvalue weighted by Gasteiger charge is 2.30.